The van der Waals surface area contributed by atoms with E-state index in [2.05, 4.69) is 32.2 Å². The quantitative estimate of drug-likeness (QED) is 0.856. The molecule has 1 heterocycles. The van der Waals surface area contributed by atoms with Gasteiger partial charge in [0.15, 0.2) is 0 Å². The third-order valence-corrected chi connectivity index (χ3v) is 3.90. The van der Waals surface area contributed by atoms with E-state index in [1.807, 2.05) is 6.07 Å². The van der Waals surface area contributed by atoms with Gasteiger partial charge in [-0.3, -0.25) is 9.59 Å². The minimum absolute atomic E-state index is 0.0887. The van der Waals surface area contributed by atoms with E-state index in [0.29, 0.717) is 5.92 Å². The molecule has 0 fully saturated rings. The van der Waals surface area contributed by atoms with Crippen LogP contribution >= 0.6 is 0 Å². The summed E-state index contributed by atoms with van der Waals surface area (Å²) in [5, 5.41) is 12.4. The highest BCUT2D eigenvalue weighted by molar-refractivity contribution is 5.88. The Morgan fingerprint density at radius 3 is 2.57 bits per heavy atom. The number of rotatable bonds is 6. The van der Waals surface area contributed by atoms with Gasteiger partial charge in [-0.05, 0) is 43.0 Å². The Balaban J connectivity index is 2.18. The van der Waals surface area contributed by atoms with E-state index in [4.69, 9.17) is 9.52 Å². The Bertz CT molecular complexity index is 730. The van der Waals surface area contributed by atoms with Crippen molar-refractivity contribution in [1.82, 2.24) is 5.32 Å². The maximum atomic E-state index is 12.1. The second kappa shape index (κ2) is 6.86. The highest BCUT2D eigenvalue weighted by atomic mass is 16.4. The van der Waals surface area contributed by atoms with Crippen LogP contribution in [0.5, 0.6) is 0 Å². The van der Waals surface area contributed by atoms with Crippen molar-refractivity contribution < 1.29 is 19.1 Å². The van der Waals surface area contributed by atoms with Crippen LogP contribution in [-0.4, -0.2) is 23.0 Å². The first kappa shape index (κ1) is 17.1. The number of amides is 1. The van der Waals surface area contributed by atoms with Crippen LogP contribution in [0, 0.1) is 6.92 Å². The number of carboxylic acids is 1. The molecule has 0 spiro atoms. The van der Waals surface area contributed by atoms with Crippen LogP contribution in [0.25, 0.3) is 11.0 Å². The average molecular weight is 317 g/mol. The Morgan fingerprint density at radius 1 is 1.26 bits per heavy atom. The number of furan rings is 1. The van der Waals surface area contributed by atoms with Crippen molar-refractivity contribution in [3.8, 4) is 0 Å². The van der Waals surface area contributed by atoms with Crippen molar-refractivity contribution in [2.45, 2.75) is 52.5 Å². The van der Waals surface area contributed by atoms with Gasteiger partial charge in [0.1, 0.15) is 5.58 Å². The van der Waals surface area contributed by atoms with E-state index >= 15 is 0 Å². The van der Waals surface area contributed by atoms with Crippen LogP contribution in [0.2, 0.25) is 0 Å². The summed E-state index contributed by atoms with van der Waals surface area (Å²) in [7, 11) is 0. The normalized spacial score (nSPS) is 12.6. The first-order chi connectivity index (χ1) is 10.8. The Hall–Kier alpha value is -2.30. The molecule has 0 saturated carbocycles. The summed E-state index contributed by atoms with van der Waals surface area (Å²) in [5.74, 6) is -0.733. The summed E-state index contributed by atoms with van der Waals surface area (Å²) >= 11 is 0. The third-order valence-electron chi connectivity index (χ3n) is 3.90. The molecule has 2 N–H and O–H groups in total. The van der Waals surface area contributed by atoms with Gasteiger partial charge in [0.05, 0.1) is 19.1 Å². The molecule has 1 atom stereocenters. The largest absolute Gasteiger partial charge is 0.481 e. The number of carbonyl (C=O) groups is 2. The van der Waals surface area contributed by atoms with E-state index in [9.17, 15) is 9.59 Å². The molecule has 5 heteroatoms. The lowest BCUT2D eigenvalue weighted by Crippen LogP contribution is -2.35. The lowest BCUT2D eigenvalue weighted by molar-refractivity contribution is -0.137. The molecule has 0 aliphatic heterocycles. The molecule has 0 bridgehead atoms. The zero-order chi connectivity index (χ0) is 17.1. The number of carboxylic acid groups (broad SMARTS) is 1. The van der Waals surface area contributed by atoms with Crippen molar-refractivity contribution in [2.75, 3.05) is 0 Å². The van der Waals surface area contributed by atoms with Crippen molar-refractivity contribution in [1.29, 1.82) is 0 Å². The monoisotopic (exact) mass is 317 g/mol. The van der Waals surface area contributed by atoms with E-state index in [1.54, 1.807) is 13.2 Å². The Kier molecular flexibility index (Phi) is 5.08. The molecular weight excluding hydrogens is 294 g/mol. The number of aliphatic carboxylic acids is 1. The number of hydrogen-bond acceptors (Lipinski definition) is 3. The molecular formula is C18H23NO4. The van der Waals surface area contributed by atoms with Crippen LogP contribution in [-0.2, 0) is 16.0 Å². The van der Waals surface area contributed by atoms with E-state index in [-0.39, 0.29) is 18.7 Å². The van der Waals surface area contributed by atoms with Gasteiger partial charge < -0.3 is 14.8 Å². The minimum atomic E-state index is -0.927. The Morgan fingerprint density at radius 2 is 1.96 bits per heavy atom. The lowest BCUT2D eigenvalue weighted by Gasteiger charge is -2.12. The van der Waals surface area contributed by atoms with Gasteiger partial charge in [0.2, 0.25) is 5.91 Å². The van der Waals surface area contributed by atoms with Crippen LogP contribution in [0.3, 0.4) is 0 Å². The summed E-state index contributed by atoms with van der Waals surface area (Å²) in [6.07, 6.45) is 1.70. The molecule has 124 valence electrons. The molecule has 2 aromatic rings. The number of carbonyl (C=O) groups excluding carboxylic acids is 1. The van der Waals surface area contributed by atoms with Gasteiger partial charge in [0.25, 0.3) is 0 Å². The molecule has 0 aliphatic rings. The van der Waals surface area contributed by atoms with Gasteiger partial charge in [-0.2, -0.15) is 0 Å². The topological polar surface area (TPSA) is 79.5 Å². The molecule has 0 radical (unpaired) electrons. The highest BCUT2D eigenvalue weighted by Crippen LogP contribution is 2.29. The second-order valence-electron chi connectivity index (χ2n) is 6.36. The van der Waals surface area contributed by atoms with Gasteiger partial charge in [-0.15, -0.1) is 0 Å². The average Bonchev–Trinajstić information content (AvgIpc) is 2.78. The molecule has 1 amide bonds. The van der Waals surface area contributed by atoms with Gasteiger partial charge in [0, 0.05) is 17.0 Å². The summed E-state index contributed by atoms with van der Waals surface area (Å²) in [4.78, 5) is 22.7. The smallest absolute Gasteiger partial charge is 0.305 e. The van der Waals surface area contributed by atoms with Crippen molar-refractivity contribution in [3.63, 3.8) is 0 Å². The molecule has 23 heavy (non-hydrogen) atoms. The van der Waals surface area contributed by atoms with Gasteiger partial charge >= 0.3 is 5.97 Å². The fourth-order valence-electron chi connectivity index (χ4n) is 2.82. The van der Waals surface area contributed by atoms with Gasteiger partial charge in [-0.1, -0.05) is 13.8 Å². The van der Waals surface area contributed by atoms with Crippen molar-refractivity contribution in [3.05, 3.63) is 35.1 Å². The lowest BCUT2D eigenvalue weighted by atomic mass is 9.95. The predicted octanol–water partition coefficient (Wildman–Crippen LogP) is 3.39. The summed E-state index contributed by atoms with van der Waals surface area (Å²) in [6.45, 7) is 8.00. The number of nitrogens with one attached hydrogen (secondary N) is 1. The van der Waals surface area contributed by atoms with E-state index in [0.717, 1.165) is 16.5 Å². The molecule has 1 unspecified atom stereocenters. The first-order valence-electron chi connectivity index (χ1n) is 7.79. The van der Waals surface area contributed by atoms with E-state index in [1.165, 1.54) is 11.1 Å². The van der Waals surface area contributed by atoms with Crippen LogP contribution in [0.4, 0.5) is 0 Å². The summed E-state index contributed by atoms with van der Waals surface area (Å²) in [6, 6.07) is 3.69. The molecule has 5 nitrogen and oxygen atoms in total. The molecule has 0 aliphatic carbocycles. The number of aryl methyl sites for hydroxylation is 1. The standard InChI is InChI=1S/C18H23NO4/c1-10(2)14-8-15-13(9-23-16(15)5-11(14)3)7-17(20)19-12(4)6-18(21)22/h5,8-10,12H,6-7H2,1-4H3,(H,19,20)(H,21,22). The molecule has 0 saturated heterocycles. The molecule has 1 aromatic heterocycles. The zero-order valence-corrected chi connectivity index (χ0v) is 14.0. The van der Waals surface area contributed by atoms with Crippen LogP contribution in [0.1, 0.15) is 49.8 Å². The zero-order valence-electron chi connectivity index (χ0n) is 14.0. The van der Waals surface area contributed by atoms with Crippen molar-refractivity contribution in [2.24, 2.45) is 0 Å². The molecule has 2 rings (SSSR count). The number of fused-ring (bicyclic) bond motifs is 1. The maximum absolute atomic E-state index is 12.1. The Labute approximate surface area is 135 Å². The predicted molar refractivity (Wildman–Crippen MR) is 88.6 cm³/mol. The second-order valence-corrected chi connectivity index (χ2v) is 6.36. The summed E-state index contributed by atoms with van der Waals surface area (Å²) in [5.41, 5.74) is 4.00. The van der Waals surface area contributed by atoms with Crippen LogP contribution < -0.4 is 5.32 Å². The fraction of sp³-hybridized carbons (Fsp3) is 0.444. The number of benzene rings is 1. The SMILES string of the molecule is Cc1cc2occ(CC(=O)NC(C)CC(=O)O)c2cc1C(C)C. The summed E-state index contributed by atoms with van der Waals surface area (Å²) < 4.78 is 5.56. The van der Waals surface area contributed by atoms with Gasteiger partial charge in [-0.25, -0.2) is 0 Å². The highest BCUT2D eigenvalue weighted by Gasteiger charge is 2.16. The van der Waals surface area contributed by atoms with E-state index < -0.39 is 12.0 Å². The first-order valence-corrected chi connectivity index (χ1v) is 7.79. The number of hydrogen-bond donors (Lipinski definition) is 2. The van der Waals surface area contributed by atoms with Crippen LogP contribution in [0.15, 0.2) is 22.8 Å². The third kappa shape index (κ3) is 4.12. The van der Waals surface area contributed by atoms with Crippen molar-refractivity contribution >= 4 is 22.8 Å². The maximum Gasteiger partial charge on any atom is 0.305 e. The fourth-order valence-corrected chi connectivity index (χ4v) is 2.82. The minimum Gasteiger partial charge on any atom is -0.481 e. The molecule has 1 aromatic carbocycles.